The third kappa shape index (κ3) is 6.63. The van der Waals surface area contributed by atoms with E-state index >= 15 is 0 Å². The number of aromatic nitrogens is 4. The number of benzene rings is 1. The normalized spacial score (nSPS) is 19.6. The standard InChI is InChI=1S/C27H35N7O3/c1-18(2)24-25-29-19(3)32-34(25)16-15-33(27(37)21-11-7-13-28-21)14-8-12-23(35)30-22(26(36)31-24)17-20-9-5-4-6-10-20/h4-7,9-11,13,18,22,24,28H,8,12,14-17H2,1-3H3,(H,30,35)(H,31,36)/t22-,24+/m0/s1. The number of hydrogen-bond acceptors (Lipinski definition) is 5. The van der Waals surface area contributed by atoms with Crippen molar-refractivity contribution in [3.8, 4) is 0 Å². The summed E-state index contributed by atoms with van der Waals surface area (Å²) in [6.45, 7) is 7.04. The molecule has 0 radical (unpaired) electrons. The van der Waals surface area contributed by atoms with Gasteiger partial charge in [-0.2, -0.15) is 5.10 Å². The van der Waals surface area contributed by atoms with Crippen molar-refractivity contribution in [3.63, 3.8) is 0 Å². The zero-order chi connectivity index (χ0) is 26.4. The van der Waals surface area contributed by atoms with Crippen LogP contribution < -0.4 is 10.6 Å². The number of amides is 3. The summed E-state index contributed by atoms with van der Waals surface area (Å²) in [6, 6.07) is 12.0. The summed E-state index contributed by atoms with van der Waals surface area (Å²) in [5.41, 5.74) is 1.45. The van der Waals surface area contributed by atoms with Crippen LogP contribution >= 0.6 is 0 Å². The second kappa shape index (κ2) is 11.9. The third-order valence-corrected chi connectivity index (χ3v) is 6.51. The minimum absolute atomic E-state index is 0.0175. The first-order chi connectivity index (χ1) is 17.8. The molecule has 3 N–H and O–H groups in total. The molecule has 0 bridgehead atoms. The van der Waals surface area contributed by atoms with Gasteiger partial charge in [-0.3, -0.25) is 14.4 Å². The Bertz CT molecular complexity index is 1200. The number of aromatic amines is 1. The lowest BCUT2D eigenvalue weighted by atomic mass is 10.0. The Balaban J connectivity index is 1.65. The molecule has 0 saturated carbocycles. The fourth-order valence-corrected chi connectivity index (χ4v) is 4.57. The molecule has 3 heterocycles. The monoisotopic (exact) mass is 505 g/mol. The number of carbonyl (C=O) groups excluding carboxylic acids is 3. The van der Waals surface area contributed by atoms with E-state index in [1.807, 2.05) is 51.1 Å². The highest BCUT2D eigenvalue weighted by Crippen LogP contribution is 2.21. The summed E-state index contributed by atoms with van der Waals surface area (Å²) >= 11 is 0. The minimum atomic E-state index is -0.742. The number of nitrogens with zero attached hydrogens (tertiary/aromatic N) is 4. The zero-order valence-corrected chi connectivity index (χ0v) is 21.6. The SMILES string of the molecule is Cc1nc2n(n1)CCN(C(=O)c1ccc[nH]1)CCCC(=O)N[C@@H](Cc1ccccc1)C(=O)N[C@@H]2C(C)C. The van der Waals surface area contributed by atoms with Crippen LogP contribution in [0, 0.1) is 12.8 Å². The Morgan fingerprint density at radius 3 is 2.54 bits per heavy atom. The molecule has 2 atom stereocenters. The van der Waals surface area contributed by atoms with Gasteiger partial charge >= 0.3 is 0 Å². The maximum atomic E-state index is 13.5. The van der Waals surface area contributed by atoms with Gasteiger partial charge in [-0.1, -0.05) is 44.2 Å². The smallest absolute Gasteiger partial charge is 0.270 e. The average molecular weight is 506 g/mol. The van der Waals surface area contributed by atoms with Crippen LogP contribution in [0.3, 0.4) is 0 Å². The van der Waals surface area contributed by atoms with Gasteiger partial charge in [0.2, 0.25) is 11.8 Å². The van der Waals surface area contributed by atoms with Crippen LogP contribution in [0.5, 0.6) is 0 Å². The second-order valence-electron chi connectivity index (χ2n) is 9.76. The van der Waals surface area contributed by atoms with Gasteiger partial charge in [0.25, 0.3) is 5.91 Å². The minimum Gasteiger partial charge on any atom is -0.357 e. The molecule has 0 unspecified atom stereocenters. The zero-order valence-electron chi connectivity index (χ0n) is 21.6. The van der Waals surface area contributed by atoms with Crippen molar-refractivity contribution >= 4 is 17.7 Å². The van der Waals surface area contributed by atoms with Gasteiger partial charge in [0.1, 0.15) is 23.4 Å². The van der Waals surface area contributed by atoms with E-state index in [2.05, 4.69) is 25.7 Å². The lowest BCUT2D eigenvalue weighted by Gasteiger charge is -2.28. The molecule has 1 aliphatic heterocycles. The van der Waals surface area contributed by atoms with Crippen LogP contribution in [-0.2, 0) is 22.6 Å². The number of aryl methyl sites for hydroxylation is 1. The van der Waals surface area contributed by atoms with Crippen molar-refractivity contribution in [2.45, 2.75) is 58.7 Å². The predicted octanol–water partition coefficient (Wildman–Crippen LogP) is 2.39. The van der Waals surface area contributed by atoms with Crippen molar-refractivity contribution in [2.75, 3.05) is 13.1 Å². The van der Waals surface area contributed by atoms with E-state index in [1.54, 1.807) is 27.9 Å². The Labute approximate surface area is 216 Å². The summed E-state index contributed by atoms with van der Waals surface area (Å²) in [7, 11) is 0. The number of nitrogens with one attached hydrogen (secondary N) is 3. The first-order valence-corrected chi connectivity index (χ1v) is 12.8. The van der Waals surface area contributed by atoms with Crippen molar-refractivity contribution in [3.05, 3.63) is 71.6 Å². The van der Waals surface area contributed by atoms with Crippen LogP contribution in [0.4, 0.5) is 0 Å². The van der Waals surface area contributed by atoms with Gasteiger partial charge < -0.3 is 20.5 Å². The summed E-state index contributed by atoms with van der Waals surface area (Å²) in [4.78, 5) is 48.9. The molecular weight excluding hydrogens is 470 g/mol. The van der Waals surface area contributed by atoms with Crippen molar-refractivity contribution in [2.24, 2.45) is 5.92 Å². The topological polar surface area (TPSA) is 125 Å². The van der Waals surface area contributed by atoms with Crippen LogP contribution in [0.15, 0.2) is 48.7 Å². The van der Waals surface area contributed by atoms with Crippen molar-refractivity contribution in [1.82, 2.24) is 35.3 Å². The average Bonchev–Trinajstić information content (AvgIpc) is 3.53. The molecule has 0 aliphatic carbocycles. The first-order valence-electron chi connectivity index (χ1n) is 12.8. The Morgan fingerprint density at radius 2 is 1.84 bits per heavy atom. The molecule has 0 saturated heterocycles. The molecule has 3 amide bonds. The maximum Gasteiger partial charge on any atom is 0.270 e. The quantitative estimate of drug-likeness (QED) is 0.502. The van der Waals surface area contributed by atoms with Gasteiger partial charge in [-0.15, -0.1) is 0 Å². The van der Waals surface area contributed by atoms with Crippen molar-refractivity contribution in [1.29, 1.82) is 0 Å². The van der Waals surface area contributed by atoms with Gasteiger partial charge in [-0.05, 0) is 37.0 Å². The van der Waals surface area contributed by atoms with Gasteiger partial charge in [0.05, 0.1) is 12.6 Å². The summed E-state index contributed by atoms with van der Waals surface area (Å²) < 4.78 is 1.78. The molecule has 37 heavy (non-hydrogen) atoms. The van der Waals surface area contributed by atoms with E-state index in [4.69, 9.17) is 0 Å². The molecule has 0 fully saturated rings. The fourth-order valence-electron chi connectivity index (χ4n) is 4.57. The molecule has 10 nitrogen and oxygen atoms in total. The highest BCUT2D eigenvalue weighted by atomic mass is 16.2. The van der Waals surface area contributed by atoms with E-state index in [0.29, 0.717) is 49.8 Å². The Morgan fingerprint density at radius 1 is 1.05 bits per heavy atom. The molecule has 10 heteroatoms. The van der Waals surface area contributed by atoms with Crippen LogP contribution in [0.25, 0.3) is 0 Å². The number of rotatable bonds is 4. The molecule has 1 aromatic carbocycles. The molecule has 4 rings (SSSR count). The molecule has 0 spiro atoms. The van der Waals surface area contributed by atoms with Crippen LogP contribution in [0.1, 0.15) is 60.4 Å². The Hall–Kier alpha value is -3.95. The third-order valence-electron chi connectivity index (χ3n) is 6.51. The lowest BCUT2D eigenvalue weighted by Crippen LogP contribution is -2.50. The van der Waals surface area contributed by atoms with Crippen LogP contribution in [0.2, 0.25) is 0 Å². The molecular formula is C27H35N7O3. The largest absolute Gasteiger partial charge is 0.357 e. The lowest BCUT2D eigenvalue weighted by molar-refractivity contribution is -0.129. The molecule has 2 aromatic heterocycles. The van der Waals surface area contributed by atoms with Gasteiger partial charge in [0, 0.05) is 32.1 Å². The van der Waals surface area contributed by atoms with Gasteiger partial charge in [-0.25, -0.2) is 9.67 Å². The number of carbonyl (C=O) groups is 3. The predicted molar refractivity (Wildman–Crippen MR) is 138 cm³/mol. The number of H-pyrrole nitrogens is 1. The first kappa shape index (κ1) is 26.1. The maximum absolute atomic E-state index is 13.5. The summed E-state index contributed by atoms with van der Waals surface area (Å²) in [5, 5.41) is 10.6. The molecule has 196 valence electrons. The summed E-state index contributed by atoms with van der Waals surface area (Å²) in [6.07, 6.45) is 2.75. The van der Waals surface area contributed by atoms with Gasteiger partial charge in [0.15, 0.2) is 0 Å². The van der Waals surface area contributed by atoms with E-state index in [-0.39, 0.29) is 30.1 Å². The van der Waals surface area contributed by atoms with E-state index in [0.717, 1.165) is 5.56 Å². The fraction of sp³-hybridized carbons (Fsp3) is 0.444. The number of fused-ring (bicyclic) bond motifs is 1. The van der Waals surface area contributed by atoms with E-state index < -0.39 is 12.1 Å². The molecule has 1 aliphatic rings. The van der Waals surface area contributed by atoms with Crippen LogP contribution in [-0.4, -0.2) is 61.5 Å². The summed E-state index contributed by atoms with van der Waals surface area (Å²) in [5.74, 6) is 0.630. The van der Waals surface area contributed by atoms with Crippen molar-refractivity contribution < 1.29 is 14.4 Å². The Kier molecular flexibility index (Phi) is 8.37. The highest BCUT2D eigenvalue weighted by Gasteiger charge is 2.30. The highest BCUT2D eigenvalue weighted by molar-refractivity contribution is 5.92. The van der Waals surface area contributed by atoms with E-state index in [9.17, 15) is 14.4 Å². The second-order valence-corrected chi connectivity index (χ2v) is 9.76. The number of hydrogen-bond donors (Lipinski definition) is 3. The van der Waals surface area contributed by atoms with E-state index in [1.165, 1.54) is 0 Å². The molecule has 3 aromatic rings.